The molecule has 0 saturated carbocycles. The number of piperidine rings is 1. The summed E-state index contributed by atoms with van der Waals surface area (Å²) in [4.78, 5) is 11.4. The highest BCUT2D eigenvalue weighted by molar-refractivity contribution is 5.83. The summed E-state index contributed by atoms with van der Waals surface area (Å²) in [6.07, 6.45) is 0. The maximum atomic E-state index is 11.4. The van der Waals surface area contributed by atoms with Crippen LogP contribution in [0.3, 0.4) is 0 Å². The fourth-order valence-corrected chi connectivity index (χ4v) is 2.22. The Morgan fingerprint density at radius 3 is 1.91 bits per heavy atom. The lowest BCUT2D eigenvalue weighted by Gasteiger charge is -2.39. The van der Waals surface area contributed by atoms with Gasteiger partial charge < -0.3 is 4.48 Å². The number of hydrogen-bond donors (Lipinski definition) is 0. The number of ketones is 1. The van der Waals surface area contributed by atoms with Gasteiger partial charge in [-0.2, -0.15) is 0 Å². The molecule has 0 bridgehead atoms. The summed E-state index contributed by atoms with van der Waals surface area (Å²) in [5, 5.41) is 0. The van der Waals surface area contributed by atoms with E-state index in [9.17, 15) is 4.79 Å². The van der Waals surface area contributed by atoms with Crippen molar-refractivity contribution in [1.29, 1.82) is 0 Å². The number of hydrogen-bond acceptors (Lipinski definition) is 1. The van der Waals surface area contributed by atoms with Crippen LogP contribution in [0.2, 0.25) is 0 Å². The number of quaternary nitrogens is 1. The van der Waals surface area contributed by atoms with Crippen molar-refractivity contribution >= 4 is 5.78 Å². The molecular weight excluding hydrogens is 138 g/mol. The summed E-state index contributed by atoms with van der Waals surface area (Å²) in [5.74, 6) is 0.963. The van der Waals surface area contributed by atoms with Gasteiger partial charge in [0, 0.05) is 0 Å². The topological polar surface area (TPSA) is 17.1 Å². The van der Waals surface area contributed by atoms with Crippen LogP contribution in [0.5, 0.6) is 0 Å². The van der Waals surface area contributed by atoms with Crippen LogP contribution in [0.15, 0.2) is 0 Å². The van der Waals surface area contributed by atoms with E-state index in [1.54, 1.807) is 0 Å². The van der Waals surface area contributed by atoms with Crippen molar-refractivity contribution in [2.24, 2.45) is 11.8 Å². The van der Waals surface area contributed by atoms with E-state index in [-0.39, 0.29) is 11.8 Å². The summed E-state index contributed by atoms with van der Waals surface area (Å²) in [6.45, 7) is 6.09. The monoisotopic (exact) mass is 156 g/mol. The number of carbonyl (C=O) groups is 1. The lowest BCUT2D eigenvalue weighted by atomic mass is 9.89. The predicted molar refractivity (Wildman–Crippen MR) is 45.2 cm³/mol. The molecule has 2 nitrogen and oxygen atoms in total. The highest BCUT2D eigenvalue weighted by atomic mass is 16.1. The molecule has 1 aliphatic heterocycles. The van der Waals surface area contributed by atoms with E-state index in [2.05, 4.69) is 14.1 Å². The molecule has 0 unspecified atom stereocenters. The summed E-state index contributed by atoms with van der Waals surface area (Å²) >= 11 is 0. The van der Waals surface area contributed by atoms with Crippen molar-refractivity contribution in [2.45, 2.75) is 13.8 Å². The van der Waals surface area contributed by atoms with Gasteiger partial charge in [-0.1, -0.05) is 13.8 Å². The fraction of sp³-hybridized carbons (Fsp3) is 0.889. The third-order valence-corrected chi connectivity index (χ3v) is 2.51. The molecule has 64 valence electrons. The molecule has 1 heterocycles. The van der Waals surface area contributed by atoms with Crippen LogP contribution in [-0.2, 0) is 4.79 Å². The van der Waals surface area contributed by atoms with Gasteiger partial charge in [0.1, 0.15) is 5.78 Å². The molecule has 0 radical (unpaired) electrons. The molecule has 2 heteroatoms. The summed E-state index contributed by atoms with van der Waals surface area (Å²) in [7, 11) is 4.39. The third-order valence-electron chi connectivity index (χ3n) is 2.51. The van der Waals surface area contributed by atoms with Gasteiger partial charge in [0.15, 0.2) is 0 Å². The Bertz CT molecular complexity index is 158. The first-order chi connectivity index (χ1) is 4.92. The number of likely N-dealkylation sites (tertiary alicyclic amines) is 1. The van der Waals surface area contributed by atoms with E-state index in [1.165, 1.54) is 0 Å². The normalized spacial score (nSPS) is 37.3. The van der Waals surface area contributed by atoms with Crippen LogP contribution < -0.4 is 0 Å². The minimum absolute atomic E-state index is 0.258. The molecule has 0 amide bonds. The van der Waals surface area contributed by atoms with Crippen LogP contribution in [0, 0.1) is 11.8 Å². The predicted octanol–water partition coefficient (Wildman–Crippen LogP) is 0.918. The van der Waals surface area contributed by atoms with Gasteiger partial charge in [-0.05, 0) is 0 Å². The van der Waals surface area contributed by atoms with Gasteiger partial charge in [0.05, 0.1) is 39.0 Å². The molecule has 0 aliphatic carbocycles. The van der Waals surface area contributed by atoms with E-state index in [0.29, 0.717) is 5.78 Å². The largest absolute Gasteiger partial charge is 0.327 e. The summed E-state index contributed by atoms with van der Waals surface area (Å²) in [5.41, 5.74) is 0. The fourth-order valence-electron chi connectivity index (χ4n) is 2.22. The zero-order valence-corrected chi connectivity index (χ0v) is 7.92. The lowest BCUT2D eigenvalue weighted by Crippen LogP contribution is -2.54. The van der Waals surface area contributed by atoms with Crippen molar-refractivity contribution in [2.75, 3.05) is 27.2 Å². The molecule has 1 rings (SSSR count). The zero-order chi connectivity index (χ0) is 8.65. The average Bonchev–Trinajstić information content (AvgIpc) is 1.81. The molecule has 0 aromatic rings. The molecule has 11 heavy (non-hydrogen) atoms. The van der Waals surface area contributed by atoms with Gasteiger partial charge in [0.2, 0.25) is 0 Å². The smallest absolute Gasteiger partial charge is 0.149 e. The van der Waals surface area contributed by atoms with Crippen LogP contribution in [0.4, 0.5) is 0 Å². The molecule has 0 spiro atoms. The van der Waals surface area contributed by atoms with Gasteiger partial charge in [0.25, 0.3) is 0 Å². The highest BCUT2D eigenvalue weighted by Gasteiger charge is 2.35. The van der Waals surface area contributed by atoms with Crippen molar-refractivity contribution in [3.8, 4) is 0 Å². The molecule has 0 aromatic heterocycles. The molecule has 2 atom stereocenters. The Balaban J connectivity index is 2.70. The first-order valence-electron chi connectivity index (χ1n) is 4.28. The minimum atomic E-state index is 0.258. The molecule has 1 saturated heterocycles. The number of rotatable bonds is 0. The van der Waals surface area contributed by atoms with Gasteiger partial charge in [-0.3, -0.25) is 4.79 Å². The standard InChI is InChI=1S/C9H18NO/c1-7-5-10(3,4)6-8(2)9(7)11/h7-8H,5-6H2,1-4H3/q+1/t7-,8-/m0/s1. The maximum absolute atomic E-state index is 11.4. The van der Waals surface area contributed by atoms with E-state index in [1.807, 2.05) is 13.8 Å². The average molecular weight is 156 g/mol. The highest BCUT2D eigenvalue weighted by Crippen LogP contribution is 2.20. The van der Waals surface area contributed by atoms with E-state index in [0.717, 1.165) is 17.6 Å². The summed E-state index contributed by atoms with van der Waals surface area (Å²) < 4.78 is 0.994. The van der Waals surface area contributed by atoms with Crippen LogP contribution >= 0.6 is 0 Å². The number of nitrogens with zero attached hydrogens (tertiary/aromatic N) is 1. The SMILES string of the molecule is C[C@H]1C[N+](C)(C)C[C@H](C)C1=O. The maximum Gasteiger partial charge on any atom is 0.149 e. The second-order valence-corrected chi connectivity index (χ2v) is 4.51. The Morgan fingerprint density at radius 2 is 1.55 bits per heavy atom. The third kappa shape index (κ3) is 1.80. The quantitative estimate of drug-likeness (QED) is 0.477. The van der Waals surface area contributed by atoms with Crippen molar-refractivity contribution in [3.05, 3.63) is 0 Å². The van der Waals surface area contributed by atoms with E-state index < -0.39 is 0 Å². The molecule has 1 fully saturated rings. The van der Waals surface area contributed by atoms with Crippen molar-refractivity contribution < 1.29 is 9.28 Å². The lowest BCUT2D eigenvalue weighted by molar-refractivity contribution is -0.897. The first-order valence-corrected chi connectivity index (χ1v) is 4.28. The van der Waals surface area contributed by atoms with Gasteiger partial charge >= 0.3 is 0 Å². The van der Waals surface area contributed by atoms with Gasteiger partial charge in [-0.25, -0.2) is 0 Å². The van der Waals surface area contributed by atoms with Crippen LogP contribution in [0.25, 0.3) is 0 Å². The second-order valence-electron chi connectivity index (χ2n) is 4.51. The van der Waals surface area contributed by atoms with E-state index in [4.69, 9.17) is 0 Å². The minimum Gasteiger partial charge on any atom is -0.327 e. The molecule has 0 aromatic carbocycles. The number of Topliss-reactive ketones (excluding diaryl/α,β-unsaturated/α-hetero) is 1. The first kappa shape index (κ1) is 8.72. The molecular formula is C9H18NO+. The Kier molecular flexibility index (Phi) is 2.06. The van der Waals surface area contributed by atoms with E-state index >= 15 is 0 Å². The Morgan fingerprint density at radius 1 is 1.18 bits per heavy atom. The Labute approximate surface area is 68.8 Å². The second kappa shape index (κ2) is 2.59. The molecule has 1 aliphatic rings. The van der Waals surface area contributed by atoms with Crippen LogP contribution in [0.1, 0.15) is 13.8 Å². The zero-order valence-electron chi connectivity index (χ0n) is 7.92. The van der Waals surface area contributed by atoms with Crippen molar-refractivity contribution in [3.63, 3.8) is 0 Å². The van der Waals surface area contributed by atoms with Crippen molar-refractivity contribution in [1.82, 2.24) is 0 Å². The Hall–Kier alpha value is -0.370. The van der Waals surface area contributed by atoms with Crippen LogP contribution in [-0.4, -0.2) is 37.5 Å². The summed E-state index contributed by atoms with van der Waals surface area (Å²) in [6, 6.07) is 0. The molecule has 0 N–H and O–H groups in total. The van der Waals surface area contributed by atoms with Gasteiger partial charge in [-0.15, -0.1) is 0 Å². The number of carbonyl (C=O) groups excluding carboxylic acids is 1.